The van der Waals surface area contributed by atoms with Gasteiger partial charge in [0.15, 0.2) is 5.82 Å². The van der Waals surface area contributed by atoms with Crippen LogP contribution in [0.3, 0.4) is 0 Å². The molecule has 0 fully saturated rings. The summed E-state index contributed by atoms with van der Waals surface area (Å²) in [5.74, 6) is -0.00146. The van der Waals surface area contributed by atoms with Gasteiger partial charge in [0.05, 0.1) is 4.92 Å². The molecule has 0 aliphatic heterocycles. The van der Waals surface area contributed by atoms with Gasteiger partial charge in [-0.2, -0.15) is 5.10 Å². The predicted molar refractivity (Wildman–Crippen MR) is 73.8 cm³/mol. The maximum atomic E-state index is 12.1. The van der Waals surface area contributed by atoms with Gasteiger partial charge in [-0.05, 0) is 26.8 Å². The summed E-state index contributed by atoms with van der Waals surface area (Å²) >= 11 is 0. The topological polar surface area (TPSA) is 101 Å². The van der Waals surface area contributed by atoms with Crippen LogP contribution in [0.5, 0.6) is 0 Å². The number of H-pyrrole nitrogens is 1. The van der Waals surface area contributed by atoms with Crippen molar-refractivity contribution in [3.8, 4) is 0 Å². The Balaban J connectivity index is 2.28. The third-order valence-corrected chi connectivity index (χ3v) is 3.15. The SMILES string of the molecule is Cc1ccc(C(=O)Nc2n[nH]c(C)c2C)cc1[N+](=O)[O-]. The van der Waals surface area contributed by atoms with Crippen LogP contribution in [0.2, 0.25) is 0 Å². The molecule has 0 aliphatic rings. The second-order valence-electron chi connectivity index (χ2n) is 4.53. The smallest absolute Gasteiger partial charge is 0.273 e. The van der Waals surface area contributed by atoms with Gasteiger partial charge in [0.1, 0.15) is 0 Å². The van der Waals surface area contributed by atoms with Crippen LogP contribution in [-0.4, -0.2) is 21.0 Å². The first-order valence-corrected chi connectivity index (χ1v) is 5.98. The van der Waals surface area contributed by atoms with Crippen LogP contribution in [0.25, 0.3) is 0 Å². The molecular weight excluding hydrogens is 260 g/mol. The van der Waals surface area contributed by atoms with E-state index in [2.05, 4.69) is 15.5 Å². The van der Waals surface area contributed by atoms with E-state index in [1.165, 1.54) is 6.07 Å². The second kappa shape index (κ2) is 5.12. The second-order valence-corrected chi connectivity index (χ2v) is 4.53. The van der Waals surface area contributed by atoms with E-state index in [4.69, 9.17) is 0 Å². The Kier molecular flexibility index (Phi) is 3.51. The lowest BCUT2D eigenvalue weighted by atomic mass is 10.1. The van der Waals surface area contributed by atoms with Gasteiger partial charge in [0.2, 0.25) is 0 Å². The number of aromatic amines is 1. The van der Waals surface area contributed by atoms with Gasteiger partial charge >= 0.3 is 0 Å². The Morgan fingerprint density at radius 2 is 2.05 bits per heavy atom. The van der Waals surface area contributed by atoms with E-state index < -0.39 is 10.8 Å². The zero-order valence-electron chi connectivity index (χ0n) is 11.4. The van der Waals surface area contributed by atoms with Crippen LogP contribution < -0.4 is 5.32 Å². The van der Waals surface area contributed by atoms with Crippen molar-refractivity contribution in [3.63, 3.8) is 0 Å². The first-order valence-electron chi connectivity index (χ1n) is 5.98. The van der Waals surface area contributed by atoms with Gasteiger partial charge < -0.3 is 5.32 Å². The highest BCUT2D eigenvalue weighted by Gasteiger charge is 2.16. The molecule has 0 saturated heterocycles. The van der Waals surface area contributed by atoms with E-state index in [-0.39, 0.29) is 11.3 Å². The molecule has 1 amide bonds. The van der Waals surface area contributed by atoms with Crippen LogP contribution in [-0.2, 0) is 0 Å². The minimum atomic E-state index is -0.504. The lowest BCUT2D eigenvalue weighted by Crippen LogP contribution is -2.13. The highest BCUT2D eigenvalue weighted by Crippen LogP contribution is 2.21. The molecule has 7 nitrogen and oxygen atoms in total. The summed E-state index contributed by atoms with van der Waals surface area (Å²) in [6.07, 6.45) is 0. The first kappa shape index (κ1) is 13.7. The van der Waals surface area contributed by atoms with Gasteiger partial charge in [0, 0.05) is 28.5 Å². The number of anilines is 1. The van der Waals surface area contributed by atoms with Crippen molar-refractivity contribution in [2.45, 2.75) is 20.8 Å². The summed E-state index contributed by atoms with van der Waals surface area (Å²) in [5.41, 5.74) is 2.35. The maximum Gasteiger partial charge on any atom is 0.273 e. The van der Waals surface area contributed by atoms with Crippen molar-refractivity contribution in [2.24, 2.45) is 0 Å². The predicted octanol–water partition coefficient (Wildman–Crippen LogP) is 2.50. The summed E-state index contributed by atoms with van der Waals surface area (Å²) in [6, 6.07) is 4.36. The number of amides is 1. The Labute approximate surface area is 115 Å². The Morgan fingerprint density at radius 1 is 1.35 bits per heavy atom. The van der Waals surface area contributed by atoms with Crippen LogP contribution in [0.4, 0.5) is 11.5 Å². The van der Waals surface area contributed by atoms with Gasteiger partial charge in [-0.25, -0.2) is 0 Å². The Morgan fingerprint density at radius 3 is 2.60 bits per heavy atom. The molecule has 1 aromatic carbocycles. The number of carbonyl (C=O) groups excluding carboxylic acids is 1. The van der Waals surface area contributed by atoms with Crippen molar-refractivity contribution in [1.82, 2.24) is 10.2 Å². The number of benzene rings is 1. The number of hydrogen-bond donors (Lipinski definition) is 2. The van der Waals surface area contributed by atoms with Crippen molar-refractivity contribution in [1.29, 1.82) is 0 Å². The molecule has 2 rings (SSSR count). The zero-order valence-corrected chi connectivity index (χ0v) is 11.4. The average molecular weight is 274 g/mol. The summed E-state index contributed by atoms with van der Waals surface area (Å²) in [6.45, 7) is 5.29. The molecule has 0 unspecified atom stereocenters. The standard InChI is InChI=1S/C13H14N4O3/c1-7-4-5-10(6-11(7)17(19)20)13(18)14-12-8(2)9(3)15-16-12/h4-6H,1-3H3,(H2,14,15,16,18). The number of nitrogens with one attached hydrogen (secondary N) is 2. The van der Waals surface area contributed by atoms with Crippen molar-refractivity contribution >= 4 is 17.4 Å². The fourth-order valence-electron chi connectivity index (χ4n) is 1.73. The summed E-state index contributed by atoms with van der Waals surface area (Å²) in [7, 11) is 0. The summed E-state index contributed by atoms with van der Waals surface area (Å²) in [4.78, 5) is 22.4. The lowest BCUT2D eigenvalue weighted by molar-refractivity contribution is -0.385. The Bertz CT molecular complexity index is 691. The molecule has 0 radical (unpaired) electrons. The molecule has 1 aromatic heterocycles. The third kappa shape index (κ3) is 2.51. The number of nitro groups is 1. The number of hydrogen-bond acceptors (Lipinski definition) is 4. The number of nitrogens with zero attached hydrogens (tertiary/aromatic N) is 2. The van der Waals surface area contributed by atoms with E-state index >= 15 is 0 Å². The van der Waals surface area contributed by atoms with Gasteiger partial charge in [-0.3, -0.25) is 20.0 Å². The van der Waals surface area contributed by atoms with Crippen molar-refractivity contribution in [3.05, 3.63) is 50.7 Å². The molecule has 0 bridgehead atoms. The number of aryl methyl sites for hydroxylation is 2. The highest BCUT2D eigenvalue weighted by molar-refractivity contribution is 6.04. The molecule has 0 atom stereocenters. The highest BCUT2D eigenvalue weighted by atomic mass is 16.6. The number of carbonyl (C=O) groups is 1. The molecule has 2 N–H and O–H groups in total. The minimum absolute atomic E-state index is 0.0763. The van der Waals surface area contributed by atoms with E-state index in [9.17, 15) is 14.9 Å². The fraction of sp³-hybridized carbons (Fsp3) is 0.231. The average Bonchev–Trinajstić information content (AvgIpc) is 2.71. The maximum absolute atomic E-state index is 12.1. The van der Waals surface area contributed by atoms with Crippen LogP contribution in [0, 0.1) is 30.9 Å². The van der Waals surface area contributed by atoms with E-state index in [0.717, 1.165) is 11.3 Å². The van der Waals surface area contributed by atoms with Gasteiger partial charge in [-0.1, -0.05) is 6.07 Å². The molecule has 2 aromatic rings. The molecule has 1 heterocycles. The lowest BCUT2D eigenvalue weighted by Gasteiger charge is -2.04. The van der Waals surface area contributed by atoms with Crippen molar-refractivity contribution in [2.75, 3.05) is 5.32 Å². The van der Waals surface area contributed by atoms with E-state index in [0.29, 0.717) is 11.4 Å². The molecule has 7 heteroatoms. The van der Waals surface area contributed by atoms with Crippen LogP contribution >= 0.6 is 0 Å². The van der Waals surface area contributed by atoms with E-state index in [1.54, 1.807) is 19.1 Å². The number of rotatable bonds is 3. The molecular formula is C13H14N4O3. The largest absolute Gasteiger partial charge is 0.305 e. The number of nitro benzene ring substituents is 1. The van der Waals surface area contributed by atoms with Gasteiger partial charge in [0.25, 0.3) is 11.6 Å². The van der Waals surface area contributed by atoms with Crippen molar-refractivity contribution < 1.29 is 9.72 Å². The monoisotopic (exact) mass is 274 g/mol. The van der Waals surface area contributed by atoms with E-state index in [1.807, 2.05) is 13.8 Å². The summed E-state index contributed by atoms with van der Waals surface area (Å²) < 4.78 is 0. The Hall–Kier alpha value is -2.70. The molecule has 20 heavy (non-hydrogen) atoms. The molecule has 0 spiro atoms. The van der Waals surface area contributed by atoms with Gasteiger partial charge in [-0.15, -0.1) is 0 Å². The normalized spacial score (nSPS) is 10.3. The fourth-order valence-corrected chi connectivity index (χ4v) is 1.73. The molecule has 0 saturated carbocycles. The zero-order chi connectivity index (χ0) is 14.9. The quantitative estimate of drug-likeness (QED) is 0.663. The first-order chi connectivity index (χ1) is 9.40. The minimum Gasteiger partial charge on any atom is -0.305 e. The van der Waals surface area contributed by atoms with Crippen LogP contribution in [0.15, 0.2) is 18.2 Å². The molecule has 104 valence electrons. The third-order valence-electron chi connectivity index (χ3n) is 3.15. The summed E-state index contributed by atoms with van der Waals surface area (Å²) in [5, 5.41) is 20.2. The number of aromatic nitrogens is 2. The van der Waals surface area contributed by atoms with Crippen LogP contribution in [0.1, 0.15) is 27.2 Å². The molecule has 0 aliphatic carbocycles.